The Morgan fingerprint density at radius 1 is 0.871 bits per heavy atom. The van der Waals surface area contributed by atoms with E-state index in [2.05, 4.69) is 95.9 Å². The predicted octanol–water partition coefficient (Wildman–Crippen LogP) is 6.68. The molecule has 0 fully saturated rings. The number of anilines is 2. The van der Waals surface area contributed by atoms with E-state index in [-0.39, 0.29) is 12.5 Å². The summed E-state index contributed by atoms with van der Waals surface area (Å²) in [5.41, 5.74) is 6.33. The van der Waals surface area contributed by atoms with Crippen LogP contribution in [0.25, 0.3) is 10.8 Å². The maximum Gasteiger partial charge on any atom is 0.303 e. The van der Waals surface area contributed by atoms with E-state index in [1.54, 1.807) is 0 Å². The van der Waals surface area contributed by atoms with Gasteiger partial charge in [-0.25, -0.2) is 0 Å². The highest BCUT2D eigenvalue weighted by atomic mass is 16.4. The fourth-order valence-electron chi connectivity index (χ4n) is 4.75. The third-order valence-electron chi connectivity index (χ3n) is 6.24. The first-order valence-electron chi connectivity index (χ1n) is 10.9. The van der Waals surface area contributed by atoms with E-state index in [0.29, 0.717) is 6.42 Å². The van der Waals surface area contributed by atoms with Crippen molar-refractivity contribution in [1.29, 1.82) is 0 Å². The van der Waals surface area contributed by atoms with E-state index in [1.807, 2.05) is 0 Å². The van der Waals surface area contributed by atoms with Gasteiger partial charge in [0.05, 0.1) is 6.04 Å². The number of hydrogen-bond acceptors (Lipinski definition) is 2. The summed E-state index contributed by atoms with van der Waals surface area (Å²) in [6, 6.07) is 32.7. The lowest BCUT2D eigenvalue weighted by atomic mass is 9.98. The van der Waals surface area contributed by atoms with Crippen LogP contribution >= 0.6 is 0 Å². The van der Waals surface area contributed by atoms with Crippen LogP contribution in [0.4, 0.5) is 11.4 Å². The van der Waals surface area contributed by atoms with Gasteiger partial charge in [-0.1, -0.05) is 72.8 Å². The van der Waals surface area contributed by atoms with Gasteiger partial charge in [-0.3, -0.25) is 4.79 Å². The van der Waals surface area contributed by atoms with Gasteiger partial charge in [0.15, 0.2) is 0 Å². The van der Waals surface area contributed by atoms with Crippen LogP contribution in [0, 0.1) is 0 Å². The van der Waals surface area contributed by atoms with E-state index in [0.717, 1.165) is 12.8 Å². The molecule has 0 saturated heterocycles. The van der Waals surface area contributed by atoms with Gasteiger partial charge < -0.3 is 10.0 Å². The van der Waals surface area contributed by atoms with Crippen LogP contribution in [0.3, 0.4) is 0 Å². The first-order chi connectivity index (χ1) is 15.2. The van der Waals surface area contributed by atoms with Gasteiger partial charge in [0.2, 0.25) is 0 Å². The highest BCUT2D eigenvalue weighted by Gasteiger charge is 2.32. The van der Waals surface area contributed by atoms with Crippen molar-refractivity contribution >= 4 is 28.1 Å². The molecule has 0 aromatic heterocycles. The minimum absolute atomic E-state index is 0.213. The third kappa shape index (κ3) is 3.79. The van der Waals surface area contributed by atoms with E-state index in [1.165, 1.54) is 38.8 Å². The molecule has 4 aromatic carbocycles. The standard InChI is InChI=1S/C28H25NO2/c30-28(31)12-6-7-20-13-16-23(17-14-20)29-26-18-15-21-8-4-5-11-24(21)25(26)19-27(29)22-9-2-1-3-10-22/h1-5,8-11,13-18,27H,6-7,12,19H2,(H,30,31). The highest BCUT2D eigenvalue weighted by molar-refractivity contribution is 5.93. The molecule has 0 bridgehead atoms. The Bertz CT molecular complexity index is 1210. The summed E-state index contributed by atoms with van der Waals surface area (Å²) in [5, 5.41) is 11.5. The lowest BCUT2D eigenvalue weighted by Crippen LogP contribution is -2.19. The molecule has 0 aliphatic carbocycles. The molecule has 31 heavy (non-hydrogen) atoms. The maximum atomic E-state index is 10.8. The fourth-order valence-corrected chi connectivity index (χ4v) is 4.75. The Morgan fingerprint density at radius 2 is 1.61 bits per heavy atom. The molecule has 3 heteroatoms. The highest BCUT2D eigenvalue weighted by Crippen LogP contribution is 2.47. The first kappa shape index (κ1) is 19.4. The number of carboxylic acid groups (broad SMARTS) is 1. The third-order valence-corrected chi connectivity index (χ3v) is 6.24. The number of benzene rings is 4. The van der Waals surface area contributed by atoms with Crippen LogP contribution in [-0.4, -0.2) is 11.1 Å². The molecule has 5 rings (SSSR count). The van der Waals surface area contributed by atoms with Gasteiger partial charge in [0.25, 0.3) is 0 Å². The average Bonchev–Trinajstić information content (AvgIpc) is 3.20. The lowest BCUT2D eigenvalue weighted by molar-refractivity contribution is -0.137. The van der Waals surface area contributed by atoms with Crippen molar-refractivity contribution in [2.24, 2.45) is 0 Å². The molecule has 1 heterocycles. The Hall–Kier alpha value is -3.59. The van der Waals surface area contributed by atoms with Gasteiger partial charge in [-0.15, -0.1) is 0 Å². The number of aliphatic carboxylic acids is 1. The number of carboxylic acids is 1. The molecule has 1 aliphatic rings. The molecular weight excluding hydrogens is 382 g/mol. The van der Waals surface area contributed by atoms with Crippen molar-refractivity contribution in [2.75, 3.05) is 4.90 Å². The normalized spacial score (nSPS) is 15.2. The quantitative estimate of drug-likeness (QED) is 0.387. The summed E-state index contributed by atoms with van der Waals surface area (Å²) >= 11 is 0. The molecule has 3 nitrogen and oxygen atoms in total. The van der Waals surface area contributed by atoms with Crippen molar-refractivity contribution in [3.05, 3.63) is 108 Å². The predicted molar refractivity (Wildman–Crippen MR) is 126 cm³/mol. The number of rotatable bonds is 6. The molecule has 154 valence electrons. The van der Waals surface area contributed by atoms with Crippen LogP contribution in [0.1, 0.15) is 35.6 Å². The van der Waals surface area contributed by atoms with Crippen LogP contribution < -0.4 is 4.90 Å². The van der Waals surface area contributed by atoms with E-state index < -0.39 is 5.97 Å². The second-order valence-corrected chi connectivity index (χ2v) is 8.20. The first-order valence-corrected chi connectivity index (χ1v) is 10.9. The summed E-state index contributed by atoms with van der Waals surface area (Å²) < 4.78 is 0. The number of aryl methyl sites for hydroxylation is 1. The Labute approximate surface area is 182 Å². The molecule has 0 spiro atoms. The van der Waals surface area contributed by atoms with Crippen molar-refractivity contribution in [3.63, 3.8) is 0 Å². The van der Waals surface area contributed by atoms with Gasteiger partial charge in [-0.05, 0) is 64.9 Å². The largest absolute Gasteiger partial charge is 0.481 e. The van der Waals surface area contributed by atoms with Crippen molar-refractivity contribution in [2.45, 2.75) is 31.7 Å². The Morgan fingerprint density at radius 3 is 2.39 bits per heavy atom. The molecule has 0 amide bonds. The van der Waals surface area contributed by atoms with Gasteiger partial charge in [-0.2, -0.15) is 0 Å². The number of hydrogen-bond donors (Lipinski definition) is 1. The Kier molecular flexibility index (Phi) is 5.17. The van der Waals surface area contributed by atoms with Crippen LogP contribution in [0.5, 0.6) is 0 Å². The summed E-state index contributed by atoms with van der Waals surface area (Å²) in [4.78, 5) is 13.2. The Balaban J connectivity index is 1.53. The van der Waals surface area contributed by atoms with Crippen molar-refractivity contribution in [3.8, 4) is 0 Å². The number of nitrogens with zero attached hydrogens (tertiary/aromatic N) is 1. The average molecular weight is 408 g/mol. The monoisotopic (exact) mass is 407 g/mol. The molecule has 0 radical (unpaired) electrons. The zero-order chi connectivity index (χ0) is 21.2. The van der Waals surface area contributed by atoms with Crippen LogP contribution in [0.15, 0.2) is 91.0 Å². The van der Waals surface area contributed by atoms with Gasteiger partial charge in [0.1, 0.15) is 0 Å². The molecule has 4 aromatic rings. The summed E-state index contributed by atoms with van der Waals surface area (Å²) in [6.45, 7) is 0. The van der Waals surface area contributed by atoms with E-state index in [9.17, 15) is 4.79 Å². The van der Waals surface area contributed by atoms with E-state index in [4.69, 9.17) is 5.11 Å². The molecule has 1 N–H and O–H groups in total. The second-order valence-electron chi connectivity index (χ2n) is 8.20. The minimum Gasteiger partial charge on any atom is -0.481 e. The molecule has 1 atom stereocenters. The zero-order valence-corrected chi connectivity index (χ0v) is 17.4. The summed E-state index contributed by atoms with van der Waals surface area (Å²) in [7, 11) is 0. The van der Waals surface area contributed by atoms with Gasteiger partial charge >= 0.3 is 5.97 Å². The number of carbonyl (C=O) groups is 1. The molecule has 0 saturated carbocycles. The van der Waals surface area contributed by atoms with Crippen LogP contribution in [-0.2, 0) is 17.6 Å². The van der Waals surface area contributed by atoms with Gasteiger partial charge in [0, 0.05) is 17.8 Å². The minimum atomic E-state index is -0.733. The smallest absolute Gasteiger partial charge is 0.303 e. The lowest BCUT2D eigenvalue weighted by Gasteiger charge is -2.28. The molecular formula is C28H25NO2. The molecule has 1 aliphatic heterocycles. The topological polar surface area (TPSA) is 40.5 Å². The van der Waals surface area contributed by atoms with Crippen LogP contribution in [0.2, 0.25) is 0 Å². The number of fused-ring (bicyclic) bond motifs is 3. The van der Waals surface area contributed by atoms with Crippen molar-refractivity contribution in [1.82, 2.24) is 0 Å². The second kappa shape index (κ2) is 8.27. The SMILES string of the molecule is O=C(O)CCCc1ccc(N2c3ccc4ccccc4c3CC2c2ccccc2)cc1. The van der Waals surface area contributed by atoms with E-state index >= 15 is 0 Å². The maximum absolute atomic E-state index is 10.8. The fraction of sp³-hybridized carbons (Fsp3) is 0.179. The molecule has 1 unspecified atom stereocenters. The summed E-state index contributed by atoms with van der Waals surface area (Å²) in [6.07, 6.45) is 2.64. The van der Waals surface area contributed by atoms with Crippen molar-refractivity contribution < 1.29 is 9.90 Å². The summed E-state index contributed by atoms with van der Waals surface area (Å²) in [5.74, 6) is -0.733. The zero-order valence-electron chi connectivity index (χ0n) is 17.4.